The number of aryl methyl sites for hydroxylation is 1. The number of anilines is 1. The number of piperidine rings is 1. The molecular formula is C15H20N2O. The Labute approximate surface area is 108 Å². The van der Waals surface area contributed by atoms with Gasteiger partial charge in [0, 0.05) is 25.7 Å². The molecule has 1 fully saturated rings. The van der Waals surface area contributed by atoms with Gasteiger partial charge in [0.25, 0.3) is 0 Å². The van der Waals surface area contributed by atoms with Crippen molar-refractivity contribution >= 4 is 11.6 Å². The Morgan fingerprint density at radius 3 is 3.00 bits per heavy atom. The van der Waals surface area contributed by atoms with Crippen molar-refractivity contribution in [2.45, 2.75) is 31.6 Å². The lowest BCUT2D eigenvalue weighted by atomic mass is 9.89. The van der Waals surface area contributed by atoms with E-state index < -0.39 is 0 Å². The SMILES string of the molecule is CN1C(=O)CCc2ccc(C3CCCNC3)cc21. The molecule has 0 saturated carbocycles. The highest BCUT2D eigenvalue weighted by atomic mass is 16.2. The van der Waals surface area contributed by atoms with Gasteiger partial charge in [-0.15, -0.1) is 0 Å². The lowest BCUT2D eigenvalue weighted by Gasteiger charge is -2.29. The van der Waals surface area contributed by atoms with Gasteiger partial charge in [-0.25, -0.2) is 0 Å². The lowest BCUT2D eigenvalue weighted by molar-refractivity contribution is -0.118. The zero-order valence-corrected chi connectivity index (χ0v) is 10.9. The van der Waals surface area contributed by atoms with Gasteiger partial charge in [0.05, 0.1) is 0 Å². The number of carbonyl (C=O) groups excluding carboxylic acids is 1. The summed E-state index contributed by atoms with van der Waals surface area (Å²) in [6.45, 7) is 2.20. The number of amides is 1. The van der Waals surface area contributed by atoms with Gasteiger partial charge in [-0.05, 0) is 48.9 Å². The number of carbonyl (C=O) groups is 1. The molecule has 96 valence electrons. The van der Waals surface area contributed by atoms with Crippen LogP contribution in [0.5, 0.6) is 0 Å². The zero-order valence-electron chi connectivity index (χ0n) is 10.9. The molecule has 1 aromatic carbocycles. The smallest absolute Gasteiger partial charge is 0.227 e. The van der Waals surface area contributed by atoms with E-state index in [0.29, 0.717) is 12.3 Å². The Morgan fingerprint density at radius 2 is 2.22 bits per heavy atom. The van der Waals surface area contributed by atoms with Crippen LogP contribution in [0.1, 0.15) is 36.3 Å². The van der Waals surface area contributed by atoms with Crippen LogP contribution in [0.4, 0.5) is 5.69 Å². The second kappa shape index (κ2) is 4.73. The number of fused-ring (bicyclic) bond motifs is 1. The maximum Gasteiger partial charge on any atom is 0.227 e. The molecule has 1 saturated heterocycles. The maximum absolute atomic E-state index is 11.8. The van der Waals surface area contributed by atoms with Crippen molar-refractivity contribution in [2.24, 2.45) is 0 Å². The van der Waals surface area contributed by atoms with Gasteiger partial charge in [-0.1, -0.05) is 12.1 Å². The fraction of sp³-hybridized carbons (Fsp3) is 0.533. The summed E-state index contributed by atoms with van der Waals surface area (Å²) >= 11 is 0. The maximum atomic E-state index is 11.8. The van der Waals surface area contributed by atoms with Crippen molar-refractivity contribution in [1.82, 2.24) is 5.32 Å². The molecule has 2 aliphatic rings. The molecule has 2 heterocycles. The van der Waals surface area contributed by atoms with Gasteiger partial charge in [0.1, 0.15) is 0 Å². The molecule has 18 heavy (non-hydrogen) atoms. The van der Waals surface area contributed by atoms with Crippen molar-refractivity contribution < 1.29 is 4.79 Å². The monoisotopic (exact) mass is 244 g/mol. The largest absolute Gasteiger partial charge is 0.316 e. The summed E-state index contributed by atoms with van der Waals surface area (Å²) in [5, 5.41) is 3.45. The van der Waals surface area contributed by atoms with Crippen LogP contribution in [-0.4, -0.2) is 26.0 Å². The molecule has 1 aromatic rings. The summed E-state index contributed by atoms with van der Waals surface area (Å²) in [5.41, 5.74) is 3.81. The fourth-order valence-electron chi connectivity index (χ4n) is 3.04. The molecule has 1 amide bonds. The number of hydrogen-bond donors (Lipinski definition) is 1. The zero-order chi connectivity index (χ0) is 12.5. The van der Waals surface area contributed by atoms with E-state index in [0.717, 1.165) is 25.2 Å². The summed E-state index contributed by atoms with van der Waals surface area (Å²) in [4.78, 5) is 13.6. The first kappa shape index (κ1) is 11.7. The Balaban J connectivity index is 1.91. The molecule has 1 N–H and O–H groups in total. The van der Waals surface area contributed by atoms with Crippen molar-refractivity contribution in [2.75, 3.05) is 25.0 Å². The van der Waals surface area contributed by atoms with Crippen LogP contribution >= 0.6 is 0 Å². The average molecular weight is 244 g/mol. The highest BCUT2D eigenvalue weighted by Crippen LogP contribution is 2.32. The van der Waals surface area contributed by atoms with Gasteiger partial charge < -0.3 is 10.2 Å². The van der Waals surface area contributed by atoms with Crippen LogP contribution in [0.3, 0.4) is 0 Å². The van der Waals surface area contributed by atoms with E-state index in [1.807, 2.05) is 11.9 Å². The molecule has 1 atom stereocenters. The molecule has 3 nitrogen and oxygen atoms in total. The summed E-state index contributed by atoms with van der Waals surface area (Å²) < 4.78 is 0. The van der Waals surface area contributed by atoms with Crippen molar-refractivity contribution in [1.29, 1.82) is 0 Å². The third kappa shape index (κ3) is 2.03. The second-order valence-corrected chi connectivity index (χ2v) is 5.38. The minimum Gasteiger partial charge on any atom is -0.316 e. The van der Waals surface area contributed by atoms with E-state index in [9.17, 15) is 4.79 Å². The van der Waals surface area contributed by atoms with Crippen LogP contribution in [0, 0.1) is 0 Å². The molecule has 0 bridgehead atoms. The first-order valence-electron chi connectivity index (χ1n) is 6.86. The van der Waals surface area contributed by atoms with Gasteiger partial charge in [0.2, 0.25) is 5.91 Å². The molecule has 0 radical (unpaired) electrons. The molecule has 0 aromatic heterocycles. The van der Waals surface area contributed by atoms with Crippen molar-refractivity contribution in [3.8, 4) is 0 Å². The third-order valence-corrected chi connectivity index (χ3v) is 4.22. The highest BCUT2D eigenvalue weighted by Gasteiger charge is 2.23. The molecule has 0 aliphatic carbocycles. The van der Waals surface area contributed by atoms with Crippen molar-refractivity contribution in [3.63, 3.8) is 0 Å². The first-order chi connectivity index (χ1) is 8.75. The van der Waals surface area contributed by atoms with Crippen LogP contribution in [0.2, 0.25) is 0 Å². The standard InChI is InChI=1S/C15H20N2O/c1-17-14-9-12(13-3-2-8-16-10-13)5-4-11(14)6-7-15(17)18/h4-5,9,13,16H,2-3,6-8,10H2,1H3. The van der Waals surface area contributed by atoms with Gasteiger partial charge in [0.15, 0.2) is 0 Å². The van der Waals surface area contributed by atoms with E-state index in [1.165, 1.54) is 24.0 Å². The molecular weight excluding hydrogens is 224 g/mol. The number of benzene rings is 1. The highest BCUT2D eigenvalue weighted by molar-refractivity contribution is 5.95. The van der Waals surface area contributed by atoms with Crippen LogP contribution < -0.4 is 10.2 Å². The fourth-order valence-corrected chi connectivity index (χ4v) is 3.04. The van der Waals surface area contributed by atoms with Gasteiger partial charge >= 0.3 is 0 Å². The van der Waals surface area contributed by atoms with Crippen molar-refractivity contribution in [3.05, 3.63) is 29.3 Å². The Morgan fingerprint density at radius 1 is 1.33 bits per heavy atom. The van der Waals surface area contributed by atoms with E-state index in [1.54, 1.807) is 0 Å². The summed E-state index contributed by atoms with van der Waals surface area (Å²) in [6, 6.07) is 6.69. The Bertz CT molecular complexity index is 464. The van der Waals surface area contributed by atoms with E-state index in [4.69, 9.17) is 0 Å². The minimum atomic E-state index is 0.237. The van der Waals surface area contributed by atoms with E-state index in [-0.39, 0.29) is 5.91 Å². The quantitative estimate of drug-likeness (QED) is 0.820. The van der Waals surface area contributed by atoms with Gasteiger partial charge in [-0.2, -0.15) is 0 Å². The molecule has 1 unspecified atom stereocenters. The minimum absolute atomic E-state index is 0.237. The molecule has 0 spiro atoms. The van der Waals surface area contributed by atoms with Gasteiger partial charge in [-0.3, -0.25) is 4.79 Å². The van der Waals surface area contributed by atoms with E-state index >= 15 is 0 Å². The van der Waals surface area contributed by atoms with Crippen LogP contribution in [0.15, 0.2) is 18.2 Å². The third-order valence-electron chi connectivity index (χ3n) is 4.22. The van der Waals surface area contributed by atoms with Crippen LogP contribution in [-0.2, 0) is 11.2 Å². The average Bonchev–Trinajstić information content (AvgIpc) is 2.44. The molecule has 3 rings (SSSR count). The molecule has 2 aliphatic heterocycles. The predicted octanol–water partition coefficient (Wildman–Crippen LogP) is 2.06. The summed E-state index contributed by atoms with van der Waals surface area (Å²) in [5.74, 6) is 0.843. The number of rotatable bonds is 1. The second-order valence-electron chi connectivity index (χ2n) is 5.38. The Hall–Kier alpha value is -1.35. The Kier molecular flexibility index (Phi) is 3.08. The number of hydrogen-bond acceptors (Lipinski definition) is 2. The normalized spacial score (nSPS) is 23.9. The van der Waals surface area contributed by atoms with Crippen LogP contribution in [0.25, 0.3) is 0 Å². The summed E-state index contributed by atoms with van der Waals surface area (Å²) in [6.07, 6.45) is 4.04. The predicted molar refractivity (Wildman–Crippen MR) is 73.0 cm³/mol. The number of nitrogens with one attached hydrogen (secondary N) is 1. The summed E-state index contributed by atoms with van der Waals surface area (Å²) in [7, 11) is 1.89. The topological polar surface area (TPSA) is 32.3 Å². The molecule has 3 heteroatoms. The lowest BCUT2D eigenvalue weighted by Crippen LogP contribution is -2.32. The van der Waals surface area contributed by atoms with E-state index in [2.05, 4.69) is 23.5 Å². The number of nitrogens with zero attached hydrogens (tertiary/aromatic N) is 1. The first-order valence-corrected chi connectivity index (χ1v) is 6.86.